The van der Waals surface area contributed by atoms with E-state index < -0.39 is 83.7 Å². The molecule has 0 saturated heterocycles. The van der Waals surface area contributed by atoms with Crippen LogP contribution < -0.4 is 27.5 Å². The van der Waals surface area contributed by atoms with Crippen LogP contribution in [0.3, 0.4) is 0 Å². The molecule has 77 heavy (non-hydrogen) atoms. The highest BCUT2D eigenvalue weighted by Crippen LogP contribution is 2.33. The average molecular weight is 1070 g/mol. The molecule has 0 spiro atoms. The first kappa shape index (κ1) is 54.4. The molecule has 9 aromatic rings. The monoisotopic (exact) mass is 1070 g/mol. The molecule has 0 radical (unpaired) electrons. The van der Waals surface area contributed by atoms with Crippen LogP contribution >= 0.6 is 0 Å². The van der Waals surface area contributed by atoms with Crippen LogP contribution in [-0.2, 0) is 41.3 Å². The number of rotatable bonds is 13. The lowest BCUT2D eigenvalue weighted by atomic mass is 9.98. The van der Waals surface area contributed by atoms with Crippen LogP contribution in [0.25, 0.3) is 55.4 Å². The van der Waals surface area contributed by atoms with Crippen LogP contribution in [0.1, 0.15) is 46.2 Å². The van der Waals surface area contributed by atoms with Crippen LogP contribution in [0.2, 0.25) is 0 Å². The van der Waals surface area contributed by atoms with Gasteiger partial charge in [-0.15, -0.1) is 0 Å². The Balaban J connectivity index is 0.000000224. The molecule has 0 fully saturated rings. The number of halogens is 7. The normalized spacial score (nSPS) is 12.9. The van der Waals surface area contributed by atoms with Crippen molar-refractivity contribution in [2.24, 2.45) is 19.8 Å². The molecule has 9 rings (SSSR count). The van der Waals surface area contributed by atoms with Crippen molar-refractivity contribution < 1.29 is 55.0 Å². The number of benzene rings is 3. The van der Waals surface area contributed by atoms with Gasteiger partial charge in [-0.05, 0) is 104 Å². The number of carboxylic acids is 1. The number of nitrogens with two attached hydrogens (primary N) is 1. The van der Waals surface area contributed by atoms with Crippen molar-refractivity contribution in [3.63, 3.8) is 0 Å². The lowest BCUT2D eigenvalue weighted by Gasteiger charge is -2.22. The summed E-state index contributed by atoms with van der Waals surface area (Å²) in [5.41, 5.74) is 9.46. The van der Waals surface area contributed by atoms with Crippen molar-refractivity contribution in [2.75, 3.05) is 12.4 Å². The largest absolute Gasteiger partial charge is 0.480 e. The maximum absolute atomic E-state index is 14.8. The fourth-order valence-corrected chi connectivity index (χ4v) is 9.43. The number of aryl methyl sites for hydroxylation is 4. The molecule has 0 saturated carbocycles. The number of hydrogen-bond donors (Lipinski definition) is 4. The maximum atomic E-state index is 14.8. The Morgan fingerprint density at radius 1 is 0.727 bits per heavy atom. The minimum absolute atomic E-state index is 0.199. The molecule has 400 valence electrons. The summed E-state index contributed by atoms with van der Waals surface area (Å²) in [6.45, 7) is 4.70. The number of nitrogens with one attached hydrogen (secondary N) is 2. The maximum Gasteiger partial charge on any atom is 0.408 e. The number of methoxy groups -OCH3 is 1. The Bertz CT molecular complexity index is 3940. The summed E-state index contributed by atoms with van der Waals surface area (Å²) in [4.78, 5) is 72.2. The van der Waals surface area contributed by atoms with Crippen molar-refractivity contribution in [3.05, 3.63) is 170 Å². The summed E-state index contributed by atoms with van der Waals surface area (Å²) in [6, 6.07) is 11.4. The quantitative estimate of drug-likeness (QED) is 0.0641. The molecule has 23 heteroatoms. The smallest absolute Gasteiger partial charge is 0.408 e. The van der Waals surface area contributed by atoms with Crippen LogP contribution in [0.4, 0.5) is 36.4 Å². The number of aliphatic carboxylic acids is 1. The van der Waals surface area contributed by atoms with E-state index in [2.05, 4.69) is 15.3 Å². The van der Waals surface area contributed by atoms with Crippen LogP contribution in [0, 0.1) is 37.1 Å². The Morgan fingerprint density at radius 2 is 1.19 bits per heavy atom. The zero-order chi connectivity index (χ0) is 55.9. The third-order valence-corrected chi connectivity index (χ3v) is 13.4. The SMILES string of the molecule is CC[C@@H](Nc1cc(F)c(C(=O)N[C@@H](Cc2ccc(-c3c(C)c4cc(F)ccc4n(C)c3=O)c3nccn23)C(=O)O)c(F)c1)C(F)(F)F.COC(=O)[C@@H](N)Cc1ccc(-c2c(C)c3cc(F)ccc3n(C)c2=O)c2nccn12. The topological polar surface area (TPSA) is 209 Å². The van der Waals surface area contributed by atoms with Crippen LogP contribution in [0.15, 0.2) is 107 Å². The molecular weight excluding hydrogens is 1020 g/mol. The van der Waals surface area contributed by atoms with Crippen molar-refractivity contribution in [3.8, 4) is 22.3 Å². The van der Waals surface area contributed by atoms with Gasteiger partial charge in [-0.1, -0.05) is 6.92 Å². The minimum Gasteiger partial charge on any atom is -0.480 e. The summed E-state index contributed by atoms with van der Waals surface area (Å²) >= 11 is 0. The molecule has 0 aliphatic rings. The predicted molar refractivity (Wildman–Crippen MR) is 273 cm³/mol. The van der Waals surface area contributed by atoms with E-state index in [0.717, 1.165) is 5.69 Å². The number of carboxylic acid groups (broad SMARTS) is 1. The van der Waals surface area contributed by atoms with Crippen LogP contribution in [0.5, 0.6) is 0 Å². The Labute approximate surface area is 432 Å². The molecule has 3 aromatic carbocycles. The minimum atomic E-state index is -4.70. The highest BCUT2D eigenvalue weighted by atomic mass is 19.4. The lowest BCUT2D eigenvalue weighted by Crippen LogP contribution is -2.43. The van der Waals surface area contributed by atoms with Gasteiger partial charge in [0.05, 0.1) is 29.3 Å². The van der Waals surface area contributed by atoms with Gasteiger partial charge < -0.3 is 44.1 Å². The fraction of sp³-hybridized carbons (Fsp3) is 0.241. The van der Waals surface area contributed by atoms with E-state index >= 15 is 0 Å². The Hall–Kier alpha value is -8.86. The van der Waals surface area contributed by atoms with E-state index in [1.807, 2.05) is 11.4 Å². The van der Waals surface area contributed by atoms with Crippen LogP contribution in [-0.4, -0.2) is 82.3 Å². The average Bonchev–Trinajstić information content (AvgIpc) is 4.12. The molecule has 0 aliphatic heterocycles. The van der Waals surface area contributed by atoms with Gasteiger partial charge in [0.15, 0.2) is 0 Å². The first-order valence-corrected chi connectivity index (χ1v) is 23.6. The molecule has 5 N–H and O–H groups in total. The lowest BCUT2D eigenvalue weighted by molar-refractivity contribution is -0.143. The fourth-order valence-electron chi connectivity index (χ4n) is 9.43. The van der Waals surface area contributed by atoms with Gasteiger partial charge in [0.25, 0.3) is 17.0 Å². The van der Waals surface area contributed by atoms with Gasteiger partial charge in [0, 0.05) is 90.7 Å². The number of alkyl halides is 3. The van der Waals surface area contributed by atoms with Gasteiger partial charge in [-0.25, -0.2) is 32.3 Å². The first-order valence-electron chi connectivity index (χ1n) is 23.6. The standard InChI is InChI=1S/C32H27F6N5O4.C22H21FN4O3/c1-4-25(32(36,37)38)40-17-12-21(34)27(22(35)13-17)29(44)41-23(31(46)47)14-18-6-7-19(28-39-9-10-43(18)28)26-15(2)20-11-16(33)5-8-24(20)42(3)30(26)45;1-12-16-10-13(23)4-7-18(16)26(2)21(28)19(12)15-6-5-14(11-17(24)22(29)30-3)27-9-8-25-20(15)27/h5-13,23,25,40H,4,14H2,1-3H3,(H,41,44)(H,46,47);4-10,17H,11,24H2,1-3H3/t23-,25+;17-/m00/s1. The molecule has 0 aliphatic carbocycles. The molecular formula is C54H48F7N9O7. The summed E-state index contributed by atoms with van der Waals surface area (Å²) in [5, 5.41) is 15.1. The van der Waals surface area contributed by atoms with E-state index in [9.17, 15) is 59.8 Å². The number of esters is 1. The highest BCUT2D eigenvalue weighted by molar-refractivity contribution is 5.98. The van der Waals surface area contributed by atoms with Crippen molar-refractivity contribution in [2.45, 2.75) is 64.3 Å². The van der Waals surface area contributed by atoms with Crippen molar-refractivity contribution in [1.82, 2.24) is 33.2 Å². The van der Waals surface area contributed by atoms with E-state index in [1.54, 1.807) is 56.9 Å². The van der Waals surface area contributed by atoms with E-state index in [1.165, 1.54) is 82.4 Å². The van der Waals surface area contributed by atoms with Gasteiger partial charge in [-0.3, -0.25) is 19.2 Å². The second-order valence-electron chi connectivity index (χ2n) is 18.1. The second kappa shape index (κ2) is 21.4. The Kier molecular flexibility index (Phi) is 15.1. The molecule has 0 bridgehead atoms. The molecule has 0 unspecified atom stereocenters. The van der Waals surface area contributed by atoms with E-state index in [0.29, 0.717) is 67.4 Å². The zero-order valence-electron chi connectivity index (χ0n) is 41.9. The predicted octanol–water partition coefficient (Wildman–Crippen LogP) is 8.10. The summed E-state index contributed by atoms with van der Waals surface area (Å²) in [7, 11) is 4.50. The summed E-state index contributed by atoms with van der Waals surface area (Å²) < 4.78 is 108. The first-order chi connectivity index (χ1) is 36.4. The number of carbonyl (C=O) groups excluding carboxylic acids is 2. The molecule has 6 aromatic heterocycles. The van der Waals surface area contributed by atoms with E-state index in [4.69, 9.17) is 10.5 Å². The van der Waals surface area contributed by atoms with Crippen molar-refractivity contribution in [1.29, 1.82) is 0 Å². The number of anilines is 1. The number of ether oxygens (including phenoxy) is 1. The number of nitrogens with zero attached hydrogens (tertiary/aromatic N) is 6. The number of pyridine rings is 4. The number of amides is 1. The molecule has 6 heterocycles. The number of imidazole rings is 2. The molecule has 1 amide bonds. The molecule has 3 atom stereocenters. The van der Waals surface area contributed by atoms with Gasteiger partial charge in [0.2, 0.25) is 0 Å². The number of hydrogen-bond acceptors (Lipinski definition) is 10. The third kappa shape index (κ3) is 10.4. The van der Waals surface area contributed by atoms with Crippen molar-refractivity contribution >= 4 is 56.6 Å². The second-order valence-corrected chi connectivity index (χ2v) is 18.1. The number of carbonyl (C=O) groups is 3. The summed E-state index contributed by atoms with van der Waals surface area (Å²) in [6.07, 6.45) is 0.976. The zero-order valence-corrected chi connectivity index (χ0v) is 41.9. The van der Waals surface area contributed by atoms with Gasteiger partial charge in [0.1, 0.15) is 58.3 Å². The number of aromatic nitrogens is 6. The van der Waals surface area contributed by atoms with Gasteiger partial charge in [-0.2, -0.15) is 13.2 Å². The third-order valence-electron chi connectivity index (χ3n) is 13.4. The highest BCUT2D eigenvalue weighted by Gasteiger charge is 2.38. The van der Waals surface area contributed by atoms with E-state index in [-0.39, 0.29) is 40.3 Å². The summed E-state index contributed by atoms with van der Waals surface area (Å²) in [5.74, 6) is -7.36. The van der Waals surface area contributed by atoms with Gasteiger partial charge >= 0.3 is 18.1 Å². The Morgan fingerprint density at radius 3 is 1.62 bits per heavy atom. The molecule has 16 nitrogen and oxygen atoms in total. The number of fused-ring (bicyclic) bond motifs is 4.